The zero-order valence-electron chi connectivity index (χ0n) is 17.0. The number of nitrogens with one attached hydrogen (secondary N) is 2. The van der Waals surface area contributed by atoms with Gasteiger partial charge in [0.05, 0.1) is 6.54 Å². The van der Waals surface area contributed by atoms with Crippen LogP contribution in [0.25, 0.3) is 0 Å². The molecule has 2 N–H and O–H groups in total. The molecule has 0 heterocycles. The summed E-state index contributed by atoms with van der Waals surface area (Å²) in [5.74, 6) is 0.415. The third-order valence-electron chi connectivity index (χ3n) is 3.92. The number of likely N-dealkylation sites (N-methyl/N-ethyl adjacent to an activating group) is 1. The quantitative estimate of drug-likeness (QED) is 0.302. The Labute approximate surface area is 188 Å². The van der Waals surface area contributed by atoms with Gasteiger partial charge in [0.15, 0.2) is 5.96 Å². The molecular weight excluding hydrogens is 489 g/mol. The lowest BCUT2D eigenvalue weighted by molar-refractivity contribution is 0.261. The van der Waals surface area contributed by atoms with Crippen molar-refractivity contribution in [3.8, 4) is 5.75 Å². The molecule has 0 saturated carbocycles. The van der Waals surface area contributed by atoms with Crippen molar-refractivity contribution in [3.05, 3.63) is 65.2 Å². The summed E-state index contributed by atoms with van der Waals surface area (Å²) in [5, 5.41) is 6.14. The Kier molecular flexibility index (Phi) is 11.5. The highest BCUT2D eigenvalue weighted by atomic mass is 127. The fourth-order valence-electron chi connectivity index (χ4n) is 2.45. The van der Waals surface area contributed by atoms with Crippen molar-refractivity contribution in [1.82, 2.24) is 15.5 Å². The van der Waals surface area contributed by atoms with Crippen LogP contribution in [0.2, 0.25) is 0 Å². The van der Waals surface area contributed by atoms with Crippen LogP contribution in [0.3, 0.4) is 0 Å². The summed E-state index contributed by atoms with van der Waals surface area (Å²) in [6, 6.07) is 11.2. The van der Waals surface area contributed by atoms with E-state index in [4.69, 9.17) is 4.74 Å². The summed E-state index contributed by atoms with van der Waals surface area (Å²) in [4.78, 5) is 6.57. The molecule has 0 aliphatic rings. The first kappa shape index (κ1) is 25.1. The Morgan fingerprint density at radius 2 is 1.90 bits per heavy atom. The second-order valence-corrected chi connectivity index (χ2v) is 6.58. The average Bonchev–Trinajstić information content (AvgIpc) is 2.66. The molecule has 0 bridgehead atoms. The number of aliphatic imine (C=N–C) groups is 1. The van der Waals surface area contributed by atoms with Crippen LogP contribution in [-0.4, -0.2) is 44.7 Å². The van der Waals surface area contributed by atoms with Gasteiger partial charge in [-0.2, -0.15) is 0 Å². The monoisotopic (exact) mass is 518 g/mol. The highest BCUT2D eigenvalue weighted by molar-refractivity contribution is 14.0. The molecule has 0 aromatic heterocycles. The highest BCUT2D eigenvalue weighted by Crippen LogP contribution is 2.14. The molecule has 5 nitrogen and oxygen atoms in total. The molecule has 29 heavy (non-hydrogen) atoms. The molecule has 2 rings (SSSR count). The lowest BCUT2D eigenvalue weighted by atomic mass is 10.2. The third kappa shape index (κ3) is 9.40. The summed E-state index contributed by atoms with van der Waals surface area (Å²) in [6.45, 7) is 4.63. The molecule has 0 spiro atoms. The van der Waals surface area contributed by atoms with Gasteiger partial charge in [-0.1, -0.05) is 12.1 Å². The topological polar surface area (TPSA) is 48.9 Å². The smallest absolute Gasteiger partial charge is 0.191 e. The zero-order chi connectivity index (χ0) is 20.4. The van der Waals surface area contributed by atoms with Gasteiger partial charge in [-0.25, -0.2) is 13.8 Å². The van der Waals surface area contributed by atoms with E-state index in [-0.39, 0.29) is 36.1 Å². The number of halogens is 3. The number of nitrogens with zero attached hydrogens (tertiary/aromatic N) is 2. The maximum Gasteiger partial charge on any atom is 0.191 e. The molecule has 8 heteroatoms. The summed E-state index contributed by atoms with van der Waals surface area (Å²) in [6.07, 6.45) is 0. The number of rotatable bonds is 9. The van der Waals surface area contributed by atoms with Crippen molar-refractivity contribution in [3.63, 3.8) is 0 Å². The van der Waals surface area contributed by atoms with E-state index in [9.17, 15) is 8.78 Å². The van der Waals surface area contributed by atoms with E-state index in [1.165, 1.54) is 6.07 Å². The first-order chi connectivity index (χ1) is 13.5. The van der Waals surface area contributed by atoms with Crippen LogP contribution in [0.1, 0.15) is 18.1 Å². The number of ether oxygens (including phenoxy) is 1. The molecule has 0 amide bonds. The molecule has 160 valence electrons. The maximum atomic E-state index is 13.8. The van der Waals surface area contributed by atoms with Crippen molar-refractivity contribution in [2.45, 2.75) is 20.0 Å². The van der Waals surface area contributed by atoms with Crippen molar-refractivity contribution in [2.24, 2.45) is 4.99 Å². The average molecular weight is 518 g/mol. The van der Waals surface area contributed by atoms with E-state index in [2.05, 4.69) is 20.5 Å². The van der Waals surface area contributed by atoms with Gasteiger partial charge in [0.2, 0.25) is 0 Å². The first-order valence-electron chi connectivity index (χ1n) is 9.30. The predicted octanol–water partition coefficient (Wildman–Crippen LogP) is 3.78. The van der Waals surface area contributed by atoms with Gasteiger partial charge in [-0.05, 0) is 56.9 Å². The van der Waals surface area contributed by atoms with Gasteiger partial charge in [0.1, 0.15) is 24.0 Å². The summed E-state index contributed by atoms with van der Waals surface area (Å²) < 4.78 is 32.8. The van der Waals surface area contributed by atoms with Crippen molar-refractivity contribution >= 4 is 29.9 Å². The normalized spacial score (nSPS) is 11.2. The molecular formula is C21H29F2IN4O. The minimum Gasteiger partial charge on any atom is -0.492 e. The maximum absolute atomic E-state index is 13.8. The Morgan fingerprint density at radius 3 is 2.62 bits per heavy atom. The molecule has 0 radical (unpaired) electrons. The fraction of sp³-hybridized carbons (Fsp3) is 0.381. The van der Waals surface area contributed by atoms with Crippen LogP contribution in [-0.2, 0) is 13.1 Å². The van der Waals surface area contributed by atoms with Gasteiger partial charge < -0.3 is 20.3 Å². The van der Waals surface area contributed by atoms with E-state index >= 15 is 0 Å². The van der Waals surface area contributed by atoms with Crippen LogP contribution in [0, 0.1) is 11.6 Å². The first-order valence-corrected chi connectivity index (χ1v) is 9.30. The molecule has 0 fully saturated rings. The Morgan fingerprint density at radius 1 is 1.10 bits per heavy atom. The Hall–Kier alpha value is -1.94. The van der Waals surface area contributed by atoms with E-state index < -0.39 is 11.6 Å². The van der Waals surface area contributed by atoms with Crippen molar-refractivity contribution in [2.75, 3.05) is 33.8 Å². The zero-order valence-corrected chi connectivity index (χ0v) is 19.4. The molecule has 2 aromatic rings. The lowest BCUT2D eigenvalue weighted by Crippen LogP contribution is -2.37. The second kappa shape index (κ2) is 13.3. The van der Waals surface area contributed by atoms with E-state index in [0.717, 1.165) is 30.0 Å². The lowest BCUT2D eigenvalue weighted by Gasteiger charge is -2.13. The predicted molar refractivity (Wildman–Crippen MR) is 124 cm³/mol. The van der Waals surface area contributed by atoms with Crippen LogP contribution in [0.15, 0.2) is 47.5 Å². The van der Waals surface area contributed by atoms with Crippen molar-refractivity contribution in [1.29, 1.82) is 0 Å². The highest BCUT2D eigenvalue weighted by Gasteiger charge is 2.05. The molecule has 0 saturated heterocycles. The Balaban J connectivity index is 0.00000420. The molecule has 0 aliphatic carbocycles. The number of hydrogen-bond donors (Lipinski definition) is 2. The minimum atomic E-state index is -0.466. The number of guanidine groups is 1. The van der Waals surface area contributed by atoms with E-state index in [1.807, 2.05) is 45.3 Å². The van der Waals surface area contributed by atoms with Gasteiger partial charge in [-0.3, -0.25) is 0 Å². The van der Waals surface area contributed by atoms with Crippen LogP contribution in [0.4, 0.5) is 8.78 Å². The summed E-state index contributed by atoms with van der Waals surface area (Å²) >= 11 is 0. The van der Waals surface area contributed by atoms with Crippen LogP contribution < -0.4 is 15.4 Å². The fourth-order valence-corrected chi connectivity index (χ4v) is 2.45. The minimum absolute atomic E-state index is 0. The number of hydrogen-bond acceptors (Lipinski definition) is 3. The molecule has 0 atom stereocenters. The molecule has 2 aromatic carbocycles. The standard InChI is InChI=1S/C21H28F2N4O.HI/c1-4-24-21(26-15-17-13-18(22)8-9-20(17)23)25-14-16-6-5-7-19(12-16)28-11-10-27(2)3;/h5-9,12-13H,4,10-11,14-15H2,1-3H3,(H2,24,25,26);1H. The van der Waals surface area contributed by atoms with E-state index in [1.54, 1.807) is 0 Å². The molecule has 0 unspecified atom stereocenters. The van der Waals surface area contributed by atoms with Gasteiger partial charge >= 0.3 is 0 Å². The third-order valence-corrected chi connectivity index (χ3v) is 3.92. The summed E-state index contributed by atoms with van der Waals surface area (Å²) in [7, 11) is 4.00. The van der Waals surface area contributed by atoms with Crippen LogP contribution in [0.5, 0.6) is 5.75 Å². The number of benzene rings is 2. The SMILES string of the molecule is CCNC(=NCc1cccc(OCCN(C)C)c1)NCc1cc(F)ccc1F.I. The van der Waals surface area contributed by atoms with Gasteiger partial charge in [0, 0.05) is 25.2 Å². The summed E-state index contributed by atoms with van der Waals surface area (Å²) in [5.41, 5.74) is 1.25. The van der Waals surface area contributed by atoms with Crippen LogP contribution >= 0.6 is 24.0 Å². The van der Waals surface area contributed by atoms with Gasteiger partial charge in [-0.15, -0.1) is 24.0 Å². The van der Waals surface area contributed by atoms with Gasteiger partial charge in [0.25, 0.3) is 0 Å². The molecule has 0 aliphatic heterocycles. The van der Waals surface area contributed by atoms with Crippen molar-refractivity contribution < 1.29 is 13.5 Å². The Bertz CT molecular complexity index is 787. The second-order valence-electron chi connectivity index (χ2n) is 6.58. The van der Waals surface area contributed by atoms with E-state index in [0.29, 0.717) is 25.7 Å². The largest absolute Gasteiger partial charge is 0.492 e.